The highest BCUT2D eigenvalue weighted by Crippen LogP contribution is 2.10. The number of ether oxygens (including phenoxy) is 1. The van der Waals surface area contributed by atoms with E-state index in [9.17, 15) is 4.79 Å². The largest absolute Gasteiger partial charge is 0.468 e. The smallest absolute Gasteiger partial charge is 0.293 e. The first-order valence-electron chi connectivity index (χ1n) is 8.12. The van der Waals surface area contributed by atoms with Crippen molar-refractivity contribution in [1.82, 2.24) is 0 Å². The normalized spacial score (nSPS) is 11.0. The molecule has 19 heavy (non-hydrogen) atoms. The molecule has 0 rings (SSSR count). The third-order valence-corrected chi connectivity index (χ3v) is 3.34. The van der Waals surface area contributed by atoms with Gasteiger partial charge in [-0.1, -0.05) is 70.4 Å². The molecule has 0 fully saturated rings. The SMILES string of the molecule is CCCCC=CCCCCCCCCCCOC=O. The van der Waals surface area contributed by atoms with Crippen LogP contribution in [0.3, 0.4) is 0 Å². The maximum absolute atomic E-state index is 9.91. The van der Waals surface area contributed by atoms with Crippen molar-refractivity contribution in [2.45, 2.75) is 84.0 Å². The van der Waals surface area contributed by atoms with Gasteiger partial charge in [0.2, 0.25) is 0 Å². The summed E-state index contributed by atoms with van der Waals surface area (Å²) in [6.07, 6.45) is 20.1. The molecule has 0 aromatic heterocycles. The standard InChI is InChI=1S/C17H32O2/c1-2-3-4-5-6-7-8-9-10-11-12-13-14-15-16-19-17-18/h5-6,17H,2-4,7-16H2,1H3. The molecule has 0 saturated heterocycles. The molecule has 0 bridgehead atoms. The molecule has 0 unspecified atom stereocenters. The van der Waals surface area contributed by atoms with Gasteiger partial charge in [-0.05, 0) is 25.7 Å². The highest BCUT2D eigenvalue weighted by atomic mass is 16.5. The molecule has 0 N–H and O–H groups in total. The van der Waals surface area contributed by atoms with E-state index in [1.54, 1.807) is 0 Å². The Morgan fingerprint density at radius 3 is 1.84 bits per heavy atom. The van der Waals surface area contributed by atoms with Crippen LogP contribution in [0.1, 0.15) is 84.0 Å². The van der Waals surface area contributed by atoms with Crippen LogP contribution in [0.15, 0.2) is 12.2 Å². The summed E-state index contributed by atoms with van der Waals surface area (Å²) < 4.78 is 4.65. The lowest BCUT2D eigenvalue weighted by molar-refractivity contribution is -0.128. The summed E-state index contributed by atoms with van der Waals surface area (Å²) in [5.74, 6) is 0. The predicted octanol–water partition coefficient (Wildman–Crippen LogP) is 5.42. The molecule has 0 aromatic rings. The summed E-state index contributed by atoms with van der Waals surface area (Å²) in [5.41, 5.74) is 0. The average molecular weight is 268 g/mol. The average Bonchev–Trinajstić information content (AvgIpc) is 2.43. The molecule has 0 aliphatic carbocycles. The molecule has 2 nitrogen and oxygen atoms in total. The molecule has 0 amide bonds. The van der Waals surface area contributed by atoms with E-state index in [0.29, 0.717) is 13.1 Å². The van der Waals surface area contributed by atoms with E-state index < -0.39 is 0 Å². The minimum Gasteiger partial charge on any atom is -0.468 e. The summed E-state index contributed by atoms with van der Waals surface area (Å²) in [6, 6.07) is 0. The van der Waals surface area contributed by atoms with Gasteiger partial charge in [0.05, 0.1) is 6.61 Å². The zero-order valence-corrected chi connectivity index (χ0v) is 12.7. The Morgan fingerprint density at radius 2 is 1.26 bits per heavy atom. The zero-order valence-electron chi connectivity index (χ0n) is 12.7. The van der Waals surface area contributed by atoms with Gasteiger partial charge in [0.1, 0.15) is 0 Å². The topological polar surface area (TPSA) is 26.3 Å². The maximum Gasteiger partial charge on any atom is 0.293 e. The van der Waals surface area contributed by atoms with Gasteiger partial charge in [-0.15, -0.1) is 0 Å². The van der Waals surface area contributed by atoms with Crippen LogP contribution in [0.5, 0.6) is 0 Å². The Morgan fingerprint density at radius 1 is 0.737 bits per heavy atom. The molecule has 0 saturated carbocycles. The second-order valence-corrected chi connectivity index (χ2v) is 5.20. The summed E-state index contributed by atoms with van der Waals surface area (Å²) in [6.45, 7) is 3.37. The molecule has 0 spiro atoms. The van der Waals surface area contributed by atoms with Crippen LogP contribution in [0.4, 0.5) is 0 Å². The van der Waals surface area contributed by atoms with Crippen molar-refractivity contribution < 1.29 is 9.53 Å². The van der Waals surface area contributed by atoms with Crippen molar-refractivity contribution >= 4 is 6.47 Å². The van der Waals surface area contributed by atoms with Gasteiger partial charge in [0.25, 0.3) is 6.47 Å². The second kappa shape index (κ2) is 17.2. The molecule has 0 radical (unpaired) electrons. The highest BCUT2D eigenvalue weighted by Gasteiger charge is 1.92. The maximum atomic E-state index is 9.91. The van der Waals surface area contributed by atoms with Crippen LogP contribution < -0.4 is 0 Å². The van der Waals surface area contributed by atoms with Crippen LogP contribution >= 0.6 is 0 Å². The molecule has 2 heteroatoms. The third kappa shape index (κ3) is 17.2. The third-order valence-electron chi connectivity index (χ3n) is 3.34. The van der Waals surface area contributed by atoms with Gasteiger partial charge in [-0.2, -0.15) is 0 Å². The van der Waals surface area contributed by atoms with E-state index in [1.165, 1.54) is 70.6 Å². The number of hydrogen-bond acceptors (Lipinski definition) is 2. The lowest BCUT2D eigenvalue weighted by Crippen LogP contribution is -1.91. The number of carbonyl (C=O) groups excluding carboxylic acids is 1. The molecule has 0 aromatic carbocycles. The number of hydrogen-bond donors (Lipinski definition) is 0. The fraction of sp³-hybridized carbons (Fsp3) is 0.824. The number of carbonyl (C=O) groups is 1. The van der Waals surface area contributed by atoms with Crippen LogP contribution in [-0.2, 0) is 9.53 Å². The van der Waals surface area contributed by atoms with Crippen molar-refractivity contribution in [1.29, 1.82) is 0 Å². The van der Waals surface area contributed by atoms with Crippen molar-refractivity contribution in [2.75, 3.05) is 6.61 Å². The van der Waals surface area contributed by atoms with Crippen LogP contribution in [0, 0.1) is 0 Å². The zero-order chi connectivity index (χ0) is 14.0. The molecule has 0 heterocycles. The van der Waals surface area contributed by atoms with E-state index in [4.69, 9.17) is 0 Å². The molecular weight excluding hydrogens is 236 g/mol. The predicted molar refractivity (Wildman–Crippen MR) is 82.2 cm³/mol. The Hall–Kier alpha value is -0.790. The van der Waals surface area contributed by atoms with Gasteiger partial charge >= 0.3 is 0 Å². The van der Waals surface area contributed by atoms with Crippen LogP contribution in [0.25, 0.3) is 0 Å². The first kappa shape index (κ1) is 18.2. The van der Waals surface area contributed by atoms with Gasteiger partial charge < -0.3 is 4.74 Å². The summed E-state index contributed by atoms with van der Waals surface area (Å²) in [5, 5.41) is 0. The first-order valence-corrected chi connectivity index (χ1v) is 8.12. The molecule has 0 atom stereocenters. The second-order valence-electron chi connectivity index (χ2n) is 5.20. The molecule has 0 aliphatic heterocycles. The quantitative estimate of drug-likeness (QED) is 0.225. The molecular formula is C17H32O2. The van der Waals surface area contributed by atoms with Gasteiger partial charge in [-0.25, -0.2) is 0 Å². The summed E-state index contributed by atoms with van der Waals surface area (Å²) in [7, 11) is 0. The fourth-order valence-corrected chi connectivity index (χ4v) is 2.11. The van der Waals surface area contributed by atoms with Gasteiger partial charge in [-0.3, -0.25) is 4.79 Å². The van der Waals surface area contributed by atoms with Crippen molar-refractivity contribution in [3.05, 3.63) is 12.2 Å². The Kier molecular flexibility index (Phi) is 16.5. The van der Waals surface area contributed by atoms with Crippen molar-refractivity contribution in [3.8, 4) is 0 Å². The lowest BCUT2D eigenvalue weighted by Gasteiger charge is -2.01. The van der Waals surface area contributed by atoms with Crippen molar-refractivity contribution in [2.24, 2.45) is 0 Å². The summed E-state index contributed by atoms with van der Waals surface area (Å²) in [4.78, 5) is 9.91. The monoisotopic (exact) mass is 268 g/mol. The summed E-state index contributed by atoms with van der Waals surface area (Å²) >= 11 is 0. The van der Waals surface area contributed by atoms with Crippen LogP contribution in [-0.4, -0.2) is 13.1 Å². The van der Waals surface area contributed by atoms with Gasteiger partial charge in [0, 0.05) is 0 Å². The van der Waals surface area contributed by atoms with Crippen molar-refractivity contribution in [3.63, 3.8) is 0 Å². The first-order chi connectivity index (χ1) is 9.41. The van der Waals surface area contributed by atoms with E-state index in [0.717, 1.165) is 6.42 Å². The highest BCUT2D eigenvalue weighted by molar-refractivity contribution is 5.36. The van der Waals surface area contributed by atoms with E-state index in [-0.39, 0.29) is 0 Å². The molecule has 112 valence electrons. The van der Waals surface area contributed by atoms with Gasteiger partial charge in [0.15, 0.2) is 0 Å². The number of unbranched alkanes of at least 4 members (excludes halogenated alkanes) is 10. The Labute approximate surface area is 119 Å². The van der Waals surface area contributed by atoms with E-state index in [2.05, 4.69) is 23.8 Å². The minimum atomic E-state index is 0.538. The number of allylic oxidation sites excluding steroid dienone is 2. The molecule has 0 aliphatic rings. The lowest BCUT2D eigenvalue weighted by atomic mass is 10.1. The van der Waals surface area contributed by atoms with Crippen LogP contribution in [0.2, 0.25) is 0 Å². The Balaban J connectivity index is 2.98. The minimum absolute atomic E-state index is 0.538. The van der Waals surface area contributed by atoms with E-state index in [1.807, 2.05) is 0 Å². The Bertz CT molecular complexity index is 199. The number of rotatable bonds is 15. The van der Waals surface area contributed by atoms with E-state index >= 15 is 0 Å². The fourth-order valence-electron chi connectivity index (χ4n) is 2.11.